The number of benzene rings is 2. The second kappa shape index (κ2) is 7.78. The Labute approximate surface area is 146 Å². The molecule has 3 heteroatoms. The molecule has 0 bridgehead atoms. The Morgan fingerprint density at radius 3 is 2.43 bits per heavy atom. The molecule has 0 aliphatic carbocycles. The lowest BCUT2D eigenvalue weighted by molar-refractivity contribution is 0.785. The number of hydrogen-bond donors (Lipinski definition) is 1. The Morgan fingerprint density at radius 2 is 1.65 bits per heavy atom. The van der Waals surface area contributed by atoms with E-state index in [1.807, 2.05) is 0 Å². The van der Waals surface area contributed by atoms with Crippen LogP contribution in [0.2, 0.25) is 0 Å². The van der Waals surface area contributed by atoms with E-state index in [0.717, 1.165) is 41.5 Å². The van der Waals surface area contributed by atoms with E-state index in [4.69, 9.17) is 4.98 Å². The summed E-state index contributed by atoms with van der Waals surface area (Å²) in [6.07, 6.45) is 6.84. The molecule has 1 heterocycles. The van der Waals surface area contributed by atoms with Crippen molar-refractivity contribution in [3.05, 3.63) is 63.9 Å². The Hall–Kier alpha value is -1.61. The number of imidazole rings is 1. The lowest BCUT2D eigenvalue weighted by Gasteiger charge is -2.00. The summed E-state index contributed by atoms with van der Waals surface area (Å²) in [6.45, 7) is 2.23. The average Bonchev–Trinajstić information content (AvgIpc) is 2.96. The number of nitrogens with zero attached hydrogens (tertiary/aromatic N) is 1. The van der Waals surface area contributed by atoms with Gasteiger partial charge >= 0.3 is 0 Å². The minimum Gasteiger partial charge on any atom is -0.342 e. The Bertz CT molecular complexity index is 759. The number of nitrogens with one attached hydrogen (secondary N) is 1. The van der Waals surface area contributed by atoms with Gasteiger partial charge < -0.3 is 4.98 Å². The molecule has 120 valence electrons. The van der Waals surface area contributed by atoms with E-state index in [0.29, 0.717) is 0 Å². The molecule has 1 N–H and O–H groups in total. The number of H-pyrrole nitrogens is 1. The first-order chi connectivity index (χ1) is 11.2. The second-order valence-corrected chi connectivity index (χ2v) is 7.03. The summed E-state index contributed by atoms with van der Waals surface area (Å²) >= 11 is 3.48. The molecular formula is C20H23BrN2. The molecule has 0 saturated heterocycles. The monoisotopic (exact) mass is 370 g/mol. The molecule has 0 spiro atoms. The van der Waals surface area contributed by atoms with E-state index in [2.05, 4.69) is 70.3 Å². The van der Waals surface area contributed by atoms with Crippen molar-refractivity contribution in [1.82, 2.24) is 9.97 Å². The van der Waals surface area contributed by atoms with Crippen molar-refractivity contribution < 1.29 is 0 Å². The van der Waals surface area contributed by atoms with Gasteiger partial charge in [-0.1, -0.05) is 47.5 Å². The summed E-state index contributed by atoms with van der Waals surface area (Å²) in [5.74, 6) is 1.10. The highest BCUT2D eigenvalue weighted by Crippen LogP contribution is 2.17. The zero-order valence-corrected chi connectivity index (χ0v) is 15.2. The minimum atomic E-state index is 0.995. The highest BCUT2D eigenvalue weighted by molar-refractivity contribution is 9.10. The van der Waals surface area contributed by atoms with Gasteiger partial charge in [-0.2, -0.15) is 0 Å². The fraction of sp³-hybridized carbons (Fsp3) is 0.350. The van der Waals surface area contributed by atoms with Crippen molar-refractivity contribution in [2.75, 3.05) is 0 Å². The van der Waals surface area contributed by atoms with Crippen LogP contribution in [0, 0.1) is 0 Å². The van der Waals surface area contributed by atoms with E-state index in [9.17, 15) is 0 Å². The smallest absolute Gasteiger partial charge is 0.107 e. The summed E-state index contributed by atoms with van der Waals surface area (Å²) < 4.78 is 1.14. The van der Waals surface area contributed by atoms with Crippen LogP contribution in [0.5, 0.6) is 0 Å². The zero-order chi connectivity index (χ0) is 16.1. The number of aryl methyl sites for hydroxylation is 3. The molecule has 0 unspecified atom stereocenters. The van der Waals surface area contributed by atoms with Crippen molar-refractivity contribution in [1.29, 1.82) is 0 Å². The van der Waals surface area contributed by atoms with Gasteiger partial charge in [0.2, 0.25) is 0 Å². The predicted octanol–water partition coefficient (Wildman–Crippen LogP) is 5.84. The number of unbranched alkanes of at least 4 members (excludes halogenated alkanes) is 1. The van der Waals surface area contributed by atoms with Gasteiger partial charge in [-0.25, -0.2) is 4.98 Å². The maximum Gasteiger partial charge on any atom is 0.107 e. The Morgan fingerprint density at radius 1 is 0.913 bits per heavy atom. The van der Waals surface area contributed by atoms with Crippen LogP contribution < -0.4 is 0 Å². The van der Waals surface area contributed by atoms with Crippen LogP contribution >= 0.6 is 15.9 Å². The normalized spacial score (nSPS) is 11.2. The molecule has 2 aromatic carbocycles. The summed E-state index contributed by atoms with van der Waals surface area (Å²) in [4.78, 5) is 8.21. The van der Waals surface area contributed by atoms with Crippen molar-refractivity contribution in [2.45, 2.75) is 45.4 Å². The van der Waals surface area contributed by atoms with E-state index < -0.39 is 0 Å². The third kappa shape index (κ3) is 4.44. The lowest BCUT2D eigenvalue weighted by Crippen LogP contribution is -1.91. The van der Waals surface area contributed by atoms with Gasteiger partial charge in [0, 0.05) is 10.9 Å². The molecule has 23 heavy (non-hydrogen) atoms. The van der Waals surface area contributed by atoms with Gasteiger partial charge in [0.1, 0.15) is 5.82 Å². The maximum atomic E-state index is 4.72. The van der Waals surface area contributed by atoms with Crippen LogP contribution in [0.15, 0.2) is 46.9 Å². The lowest BCUT2D eigenvalue weighted by atomic mass is 10.1. The number of aromatic nitrogens is 2. The van der Waals surface area contributed by atoms with Crippen LogP contribution in [0.1, 0.15) is 43.1 Å². The van der Waals surface area contributed by atoms with Crippen LogP contribution in [-0.2, 0) is 19.3 Å². The van der Waals surface area contributed by atoms with E-state index in [1.165, 1.54) is 29.5 Å². The summed E-state index contributed by atoms with van der Waals surface area (Å²) in [7, 11) is 0. The molecule has 1 aromatic heterocycles. The van der Waals surface area contributed by atoms with Gasteiger partial charge in [-0.15, -0.1) is 0 Å². The van der Waals surface area contributed by atoms with Gasteiger partial charge in [-0.05, 0) is 61.1 Å². The van der Waals surface area contributed by atoms with Crippen LogP contribution in [0.25, 0.3) is 11.0 Å². The molecule has 3 rings (SSSR count). The Kier molecular flexibility index (Phi) is 5.50. The first-order valence-electron chi connectivity index (χ1n) is 8.46. The van der Waals surface area contributed by atoms with Crippen LogP contribution in [0.3, 0.4) is 0 Å². The predicted molar refractivity (Wildman–Crippen MR) is 101 cm³/mol. The first kappa shape index (κ1) is 16.3. The standard InChI is InChI=1S/C20H23BrN2/c1-2-3-5-16-10-13-18-19(14-16)23-20(22-18)7-4-6-15-8-11-17(21)12-9-15/h8-14H,2-7H2,1H3,(H,22,23). The zero-order valence-electron chi connectivity index (χ0n) is 13.6. The summed E-state index contributed by atoms with van der Waals surface area (Å²) in [5.41, 5.74) is 5.05. The molecule has 0 fully saturated rings. The molecule has 3 aromatic rings. The average molecular weight is 371 g/mol. The third-order valence-electron chi connectivity index (χ3n) is 4.21. The topological polar surface area (TPSA) is 28.7 Å². The van der Waals surface area contributed by atoms with Gasteiger partial charge in [-0.3, -0.25) is 0 Å². The van der Waals surface area contributed by atoms with Crippen molar-refractivity contribution in [2.24, 2.45) is 0 Å². The SMILES string of the molecule is CCCCc1ccc2nc(CCCc3ccc(Br)cc3)[nH]c2c1. The fourth-order valence-electron chi connectivity index (χ4n) is 2.88. The molecule has 0 amide bonds. The van der Waals surface area contributed by atoms with Crippen molar-refractivity contribution in [3.63, 3.8) is 0 Å². The second-order valence-electron chi connectivity index (χ2n) is 6.12. The molecule has 0 radical (unpaired) electrons. The molecule has 2 nitrogen and oxygen atoms in total. The number of aromatic amines is 1. The number of halogens is 1. The molecule has 0 aliphatic rings. The Balaban J connectivity index is 1.60. The van der Waals surface area contributed by atoms with E-state index in [1.54, 1.807) is 0 Å². The summed E-state index contributed by atoms with van der Waals surface area (Å²) in [6, 6.07) is 15.2. The highest BCUT2D eigenvalue weighted by atomic mass is 79.9. The van der Waals surface area contributed by atoms with Crippen LogP contribution in [-0.4, -0.2) is 9.97 Å². The molecule has 0 saturated carbocycles. The van der Waals surface area contributed by atoms with Crippen LogP contribution in [0.4, 0.5) is 0 Å². The number of rotatable bonds is 7. The largest absolute Gasteiger partial charge is 0.342 e. The molecule has 0 aliphatic heterocycles. The maximum absolute atomic E-state index is 4.72. The summed E-state index contributed by atoms with van der Waals surface area (Å²) in [5, 5.41) is 0. The minimum absolute atomic E-state index is 0.995. The van der Waals surface area contributed by atoms with E-state index >= 15 is 0 Å². The third-order valence-corrected chi connectivity index (χ3v) is 4.74. The fourth-order valence-corrected chi connectivity index (χ4v) is 3.14. The van der Waals surface area contributed by atoms with Gasteiger partial charge in [0.15, 0.2) is 0 Å². The van der Waals surface area contributed by atoms with Gasteiger partial charge in [0.25, 0.3) is 0 Å². The number of hydrogen-bond acceptors (Lipinski definition) is 1. The molecule has 0 atom stereocenters. The molecular weight excluding hydrogens is 348 g/mol. The first-order valence-corrected chi connectivity index (χ1v) is 9.26. The van der Waals surface area contributed by atoms with Crippen molar-refractivity contribution in [3.8, 4) is 0 Å². The quantitative estimate of drug-likeness (QED) is 0.555. The van der Waals surface area contributed by atoms with E-state index in [-0.39, 0.29) is 0 Å². The van der Waals surface area contributed by atoms with Gasteiger partial charge in [0.05, 0.1) is 11.0 Å². The van der Waals surface area contributed by atoms with Crippen molar-refractivity contribution >= 4 is 27.0 Å². The highest BCUT2D eigenvalue weighted by Gasteiger charge is 2.04. The number of fused-ring (bicyclic) bond motifs is 1.